The molecule has 2 aromatic heterocycles. The van der Waals surface area contributed by atoms with Crippen LogP contribution in [0.15, 0.2) is 23.0 Å². The Balaban J connectivity index is 1.81. The van der Waals surface area contributed by atoms with Crippen LogP contribution in [0.2, 0.25) is 0 Å². The first-order chi connectivity index (χ1) is 11.5. The van der Waals surface area contributed by atoms with Gasteiger partial charge in [0.1, 0.15) is 15.4 Å². The minimum Gasteiger partial charge on any atom is -0.312 e. The molecule has 1 fully saturated rings. The lowest BCUT2D eigenvalue weighted by Gasteiger charge is -2.38. The van der Waals surface area contributed by atoms with Crippen LogP contribution in [0.4, 0.5) is 0 Å². The Bertz CT molecular complexity index is 948. The van der Waals surface area contributed by atoms with Gasteiger partial charge >= 0.3 is 0 Å². The molecule has 4 nitrogen and oxygen atoms in total. The first kappa shape index (κ1) is 15.8. The molecule has 3 heterocycles. The summed E-state index contributed by atoms with van der Waals surface area (Å²) in [4.78, 5) is 23.7. The summed E-state index contributed by atoms with van der Waals surface area (Å²) >= 11 is 1.62. The van der Waals surface area contributed by atoms with Gasteiger partial charge in [-0.05, 0) is 45.2 Å². The molecule has 2 atom stereocenters. The van der Waals surface area contributed by atoms with E-state index in [9.17, 15) is 4.79 Å². The van der Waals surface area contributed by atoms with Crippen molar-refractivity contribution in [1.29, 1.82) is 0 Å². The van der Waals surface area contributed by atoms with Crippen LogP contribution in [0.25, 0.3) is 21.1 Å². The smallest absolute Gasteiger partial charge is 0.257 e. The molecular formula is C19H23N3OS. The largest absolute Gasteiger partial charge is 0.312 e. The van der Waals surface area contributed by atoms with Crippen molar-refractivity contribution in [2.75, 3.05) is 0 Å². The van der Waals surface area contributed by atoms with Crippen molar-refractivity contribution in [2.24, 2.45) is 0 Å². The molecule has 5 heteroatoms. The van der Waals surface area contributed by atoms with Gasteiger partial charge < -0.3 is 4.98 Å². The van der Waals surface area contributed by atoms with Crippen LogP contribution < -0.4 is 5.56 Å². The van der Waals surface area contributed by atoms with Crippen LogP contribution in [-0.2, 0) is 6.54 Å². The zero-order chi connectivity index (χ0) is 16.8. The van der Waals surface area contributed by atoms with E-state index in [1.54, 1.807) is 11.3 Å². The van der Waals surface area contributed by atoms with Crippen molar-refractivity contribution in [1.82, 2.24) is 14.9 Å². The van der Waals surface area contributed by atoms with Crippen molar-refractivity contribution in [3.05, 3.63) is 39.1 Å². The van der Waals surface area contributed by atoms with Gasteiger partial charge in [-0.15, -0.1) is 0 Å². The summed E-state index contributed by atoms with van der Waals surface area (Å²) in [6.45, 7) is 7.54. The number of aromatic nitrogens is 2. The number of rotatable bonds is 2. The highest BCUT2D eigenvalue weighted by atomic mass is 32.1. The average molecular weight is 341 g/mol. The van der Waals surface area contributed by atoms with E-state index in [-0.39, 0.29) is 5.56 Å². The minimum atomic E-state index is -0.0175. The monoisotopic (exact) mass is 341 g/mol. The normalized spacial score (nSPS) is 22.5. The van der Waals surface area contributed by atoms with Crippen LogP contribution in [0.1, 0.15) is 43.7 Å². The van der Waals surface area contributed by atoms with Crippen molar-refractivity contribution in [3.63, 3.8) is 0 Å². The predicted octanol–water partition coefficient (Wildman–Crippen LogP) is 4.21. The number of aryl methyl sites for hydroxylation is 1. The second-order valence-electron chi connectivity index (χ2n) is 7.04. The van der Waals surface area contributed by atoms with E-state index >= 15 is 0 Å². The molecule has 0 bridgehead atoms. The van der Waals surface area contributed by atoms with Crippen LogP contribution in [-0.4, -0.2) is 27.0 Å². The van der Waals surface area contributed by atoms with E-state index in [1.165, 1.54) is 19.3 Å². The van der Waals surface area contributed by atoms with Gasteiger partial charge in [-0.2, -0.15) is 0 Å². The Hall–Kier alpha value is -1.72. The lowest BCUT2D eigenvalue weighted by molar-refractivity contribution is 0.0952. The third-order valence-corrected chi connectivity index (χ3v) is 6.30. The van der Waals surface area contributed by atoms with E-state index in [4.69, 9.17) is 4.98 Å². The first-order valence-corrected chi connectivity index (χ1v) is 9.53. The zero-order valence-corrected chi connectivity index (χ0v) is 15.2. The van der Waals surface area contributed by atoms with E-state index < -0.39 is 0 Å². The number of fused-ring (bicyclic) bond motifs is 3. The Morgan fingerprint density at radius 2 is 2.04 bits per heavy atom. The van der Waals surface area contributed by atoms with Crippen molar-refractivity contribution < 1.29 is 0 Å². The first-order valence-electron chi connectivity index (χ1n) is 8.71. The summed E-state index contributed by atoms with van der Waals surface area (Å²) in [7, 11) is 0. The Labute approximate surface area is 145 Å². The molecule has 0 saturated carbocycles. The highest BCUT2D eigenvalue weighted by Gasteiger charge is 2.25. The number of piperidine rings is 1. The second kappa shape index (κ2) is 5.97. The van der Waals surface area contributed by atoms with E-state index in [1.807, 2.05) is 12.1 Å². The number of nitrogens with zero attached hydrogens (tertiary/aromatic N) is 2. The molecule has 0 unspecified atom stereocenters. The van der Waals surface area contributed by atoms with Gasteiger partial charge in [0.15, 0.2) is 0 Å². The Morgan fingerprint density at radius 1 is 1.29 bits per heavy atom. The molecule has 0 spiro atoms. The summed E-state index contributed by atoms with van der Waals surface area (Å²) in [5.74, 6) is 0. The summed E-state index contributed by atoms with van der Waals surface area (Å²) in [6.07, 6.45) is 3.83. The maximum Gasteiger partial charge on any atom is 0.257 e. The van der Waals surface area contributed by atoms with Gasteiger partial charge in [0.2, 0.25) is 0 Å². The fraction of sp³-hybridized carbons (Fsp3) is 0.474. The molecule has 3 aromatic rings. The molecule has 0 amide bonds. The third kappa shape index (κ3) is 2.56. The average Bonchev–Trinajstić information content (AvgIpc) is 2.94. The fourth-order valence-electron chi connectivity index (χ4n) is 3.97. The van der Waals surface area contributed by atoms with Gasteiger partial charge in [0.25, 0.3) is 5.56 Å². The SMILES string of the molecule is Cc1cccc2c(=O)[nH]c3sc(CN4[C@H](C)CCC[C@@H]4C)nc3c12. The van der Waals surface area contributed by atoms with Crippen LogP contribution in [0.5, 0.6) is 0 Å². The zero-order valence-electron chi connectivity index (χ0n) is 14.4. The van der Waals surface area contributed by atoms with Gasteiger partial charge in [-0.3, -0.25) is 9.69 Å². The number of nitrogens with one attached hydrogen (secondary N) is 1. The molecule has 126 valence electrons. The number of benzene rings is 1. The van der Waals surface area contributed by atoms with Crippen LogP contribution in [0.3, 0.4) is 0 Å². The highest BCUT2D eigenvalue weighted by molar-refractivity contribution is 7.18. The summed E-state index contributed by atoms with van der Waals surface area (Å²) < 4.78 is 0. The third-order valence-electron chi connectivity index (χ3n) is 5.35. The lowest BCUT2D eigenvalue weighted by Crippen LogP contribution is -2.42. The van der Waals surface area contributed by atoms with Crippen molar-refractivity contribution >= 4 is 32.5 Å². The van der Waals surface area contributed by atoms with Crippen molar-refractivity contribution in [2.45, 2.75) is 58.7 Å². The standard InChI is InChI=1S/C19H23N3OS/c1-11-6-4-9-14-16(11)17-19(21-18(14)23)24-15(20-17)10-22-12(2)7-5-8-13(22)3/h4,6,9,12-13H,5,7-8,10H2,1-3H3,(H,21,23)/t12-,13+. The quantitative estimate of drug-likeness (QED) is 0.759. The number of H-pyrrole nitrogens is 1. The van der Waals surface area contributed by atoms with E-state index in [2.05, 4.69) is 36.7 Å². The molecule has 4 rings (SSSR count). The van der Waals surface area contributed by atoms with Gasteiger partial charge in [-0.25, -0.2) is 4.98 Å². The van der Waals surface area contributed by atoms with Gasteiger partial charge in [-0.1, -0.05) is 29.9 Å². The Kier molecular flexibility index (Phi) is 3.93. The second-order valence-corrected chi connectivity index (χ2v) is 8.12. The molecule has 1 aliphatic rings. The topological polar surface area (TPSA) is 49.0 Å². The van der Waals surface area contributed by atoms with E-state index in [0.717, 1.165) is 38.2 Å². The molecule has 24 heavy (non-hydrogen) atoms. The summed E-state index contributed by atoms with van der Waals surface area (Å²) in [5.41, 5.74) is 2.04. The number of likely N-dealkylation sites (tertiary alicyclic amines) is 1. The number of thiazole rings is 1. The van der Waals surface area contributed by atoms with Gasteiger partial charge in [0, 0.05) is 22.9 Å². The number of hydrogen-bond donors (Lipinski definition) is 1. The van der Waals surface area contributed by atoms with Crippen molar-refractivity contribution in [3.8, 4) is 0 Å². The predicted molar refractivity (Wildman–Crippen MR) is 101 cm³/mol. The molecule has 1 N–H and O–H groups in total. The van der Waals surface area contributed by atoms with Crippen LogP contribution in [0, 0.1) is 6.92 Å². The molecular weight excluding hydrogens is 318 g/mol. The molecule has 1 aliphatic heterocycles. The number of hydrogen-bond acceptors (Lipinski definition) is 4. The number of aromatic amines is 1. The lowest BCUT2D eigenvalue weighted by atomic mass is 9.98. The van der Waals surface area contributed by atoms with Gasteiger partial charge in [0.05, 0.1) is 6.54 Å². The van der Waals surface area contributed by atoms with E-state index in [0.29, 0.717) is 12.1 Å². The number of pyridine rings is 1. The molecule has 1 aromatic carbocycles. The minimum absolute atomic E-state index is 0.0175. The molecule has 0 radical (unpaired) electrons. The molecule has 0 aliphatic carbocycles. The Morgan fingerprint density at radius 3 is 2.79 bits per heavy atom. The summed E-state index contributed by atoms with van der Waals surface area (Å²) in [5, 5.41) is 2.83. The highest BCUT2D eigenvalue weighted by Crippen LogP contribution is 2.30. The van der Waals surface area contributed by atoms with Crippen LogP contribution >= 0.6 is 11.3 Å². The summed E-state index contributed by atoms with van der Waals surface area (Å²) in [6, 6.07) is 7.06. The fourth-order valence-corrected chi connectivity index (χ4v) is 4.94. The maximum absolute atomic E-state index is 12.4. The maximum atomic E-state index is 12.4. The molecule has 1 saturated heterocycles.